The van der Waals surface area contributed by atoms with E-state index in [1.807, 2.05) is 18.2 Å². The van der Waals surface area contributed by atoms with Gasteiger partial charge in [-0.2, -0.15) is 0 Å². The van der Waals surface area contributed by atoms with E-state index >= 15 is 0 Å². The highest BCUT2D eigenvalue weighted by Gasteiger charge is 2.28. The van der Waals surface area contributed by atoms with Crippen molar-refractivity contribution in [3.8, 4) is 5.75 Å². The van der Waals surface area contributed by atoms with Crippen molar-refractivity contribution in [1.82, 2.24) is 0 Å². The Hall–Kier alpha value is -0.976. The third-order valence-electron chi connectivity index (χ3n) is 4.54. The highest BCUT2D eigenvalue weighted by molar-refractivity contribution is 7.56. The highest BCUT2D eigenvalue weighted by atomic mass is 31.1. The molecule has 0 aliphatic heterocycles. The molecular weight excluding hydrogens is 387 g/mol. The minimum Gasteiger partial charge on any atom is -0.467 e. The smallest absolute Gasteiger partial charge is 0.188 e. The van der Waals surface area contributed by atoms with Gasteiger partial charge in [0, 0.05) is 12.4 Å². The van der Waals surface area contributed by atoms with Crippen LogP contribution in [0, 0.1) is 0 Å². The van der Waals surface area contributed by atoms with Gasteiger partial charge >= 0.3 is 0 Å². The Morgan fingerprint density at radius 2 is 1.59 bits per heavy atom. The summed E-state index contributed by atoms with van der Waals surface area (Å²) in [5.41, 5.74) is 0.987. The van der Waals surface area contributed by atoms with E-state index < -0.39 is 16.1 Å². The van der Waals surface area contributed by atoms with Crippen molar-refractivity contribution in [2.24, 2.45) is 0 Å². The summed E-state index contributed by atoms with van der Waals surface area (Å²) in [5.74, 6) is 0.990. The fourth-order valence-electron chi connectivity index (χ4n) is 2.91. The lowest BCUT2D eigenvalue weighted by Gasteiger charge is -2.28. The number of methoxy groups -OCH3 is 1. The molecule has 0 saturated heterocycles. The Kier molecular flexibility index (Phi) is 7.45. The van der Waals surface area contributed by atoms with E-state index in [1.165, 1.54) is 21.0 Å². The molecule has 0 aromatic heterocycles. The van der Waals surface area contributed by atoms with Crippen LogP contribution in [0.15, 0.2) is 36.4 Å². The molecule has 1 N–H and O–H groups in total. The average Bonchev–Trinajstić information content (AvgIpc) is 2.58. The van der Waals surface area contributed by atoms with Crippen LogP contribution in [-0.2, 0) is 11.3 Å². The maximum atomic E-state index is 9.74. The third kappa shape index (κ3) is 5.75. The zero-order chi connectivity index (χ0) is 20.2. The molecule has 0 heterocycles. The maximum Gasteiger partial charge on any atom is 0.188 e. The molecule has 148 valence electrons. The van der Waals surface area contributed by atoms with Crippen molar-refractivity contribution in [3.63, 3.8) is 0 Å². The van der Waals surface area contributed by atoms with E-state index in [-0.39, 0.29) is 13.4 Å². The number of aliphatic hydroxyl groups is 1. The molecule has 2 aromatic carbocycles. The second-order valence-corrected chi connectivity index (χ2v) is 20.3. The first kappa shape index (κ1) is 22.3. The molecule has 0 amide bonds. The standard InChI is InChI=1S/C21H33O3PSi2/c1-23-15-24-21-19(25-18-11-9-8-10-16(18)14-22)12-17(26(2,3)4)13-20(21)27(5,6)7/h8-13,22,25H,14-15H2,1-7H3. The summed E-state index contributed by atoms with van der Waals surface area (Å²) in [7, 11) is -0.982. The summed E-state index contributed by atoms with van der Waals surface area (Å²) in [5, 5.41) is 15.0. The van der Waals surface area contributed by atoms with Crippen molar-refractivity contribution >= 4 is 45.7 Å². The van der Waals surface area contributed by atoms with E-state index in [0.29, 0.717) is 8.58 Å². The molecule has 1 atom stereocenters. The molecule has 3 nitrogen and oxygen atoms in total. The molecule has 27 heavy (non-hydrogen) atoms. The molecule has 0 spiro atoms. The second-order valence-electron chi connectivity index (χ2n) is 8.89. The average molecular weight is 421 g/mol. The second kappa shape index (κ2) is 9.02. The van der Waals surface area contributed by atoms with Crippen LogP contribution in [0.1, 0.15) is 5.56 Å². The van der Waals surface area contributed by atoms with E-state index in [0.717, 1.165) is 11.3 Å². The fraction of sp³-hybridized carbons (Fsp3) is 0.429. The first-order valence-electron chi connectivity index (χ1n) is 9.34. The topological polar surface area (TPSA) is 38.7 Å². The molecule has 1 unspecified atom stereocenters. The number of hydrogen-bond acceptors (Lipinski definition) is 3. The number of benzene rings is 2. The zero-order valence-corrected chi connectivity index (χ0v) is 20.6. The summed E-state index contributed by atoms with van der Waals surface area (Å²) >= 11 is 0. The number of rotatable bonds is 8. The van der Waals surface area contributed by atoms with Crippen molar-refractivity contribution in [1.29, 1.82) is 0 Å². The van der Waals surface area contributed by atoms with Gasteiger partial charge in [-0.15, -0.1) is 0 Å². The Balaban J connectivity index is 2.67. The summed E-state index contributed by atoms with van der Waals surface area (Å²) < 4.78 is 11.4. The normalized spacial score (nSPS) is 12.7. The van der Waals surface area contributed by atoms with Crippen molar-refractivity contribution < 1.29 is 14.6 Å². The molecule has 2 rings (SSSR count). The summed E-state index contributed by atoms with van der Waals surface area (Å²) in [6.45, 7) is 14.6. The summed E-state index contributed by atoms with van der Waals surface area (Å²) in [6.07, 6.45) is 0. The lowest BCUT2D eigenvalue weighted by molar-refractivity contribution is 0.0526. The minimum absolute atomic E-state index is 0.0615. The number of ether oxygens (including phenoxy) is 2. The van der Waals surface area contributed by atoms with Gasteiger partial charge in [-0.05, 0) is 16.1 Å². The Morgan fingerprint density at radius 1 is 0.926 bits per heavy atom. The SMILES string of the molecule is COCOc1c(Pc2ccccc2CO)cc([Si](C)(C)C)cc1[Si](C)(C)C. The molecule has 0 aliphatic carbocycles. The van der Waals surface area contributed by atoms with E-state index in [4.69, 9.17) is 9.47 Å². The van der Waals surface area contributed by atoms with Crippen molar-refractivity contribution in [3.05, 3.63) is 42.0 Å². The van der Waals surface area contributed by atoms with Crippen LogP contribution < -0.4 is 25.7 Å². The van der Waals surface area contributed by atoms with Crippen molar-refractivity contribution in [2.45, 2.75) is 45.9 Å². The first-order valence-corrected chi connectivity index (χ1v) is 17.3. The largest absolute Gasteiger partial charge is 0.467 e. The molecule has 0 fully saturated rings. The van der Waals surface area contributed by atoms with Crippen LogP contribution in [0.4, 0.5) is 0 Å². The summed E-state index contributed by atoms with van der Waals surface area (Å²) in [6, 6.07) is 12.9. The Labute approximate surface area is 167 Å². The van der Waals surface area contributed by atoms with E-state index in [1.54, 1.807) is 7.11 Å². The summed E-state index contributed by atoms with van der Waals surface area (Å²) in [4.78, 5) is 0. The van der Waals surface area contributed by atoms with E-state index in [9.17, 15) is 5.11 Å². The predicted molar refractivity (Wildman–Crippen MR) is 125 cm³/mol. The van der Waals surface area contributed by atoms with Crippen molar-refractivity contribution in [2.75, 3.05) is 13.9 Å². The molecule has 0 aliphatic rings. The van der Waals surface area contributed by atoms with Crippen LogP contribution in [0.25, 0.3) is 0 Å². The van der Waals surface area contributed by atoms with Gasteiger partial charge in [0.05, 0.1) is 22.8 Å². The van der Waals surface area contributed by atoms with E-state index in [2.05, 4.69) is 57.5 Å². The van der Waals surface area contributed by atoms with Gasteiger partial charge < -0.3 is 14.6 Å². The first-order chi connectivity index (χ1) is 12.6. The van der Waals surface area contributed by atoms with Gasteiger partial charge in [0.15, 0.2) is 6.79 Å². The Morgan fingerprint density at radius 3 is 2.15 bits per heavy atom. The van der Waals surface area contributed by atoms with Gasteiger partial charge in [0.1, 0.15) is 5.75 Å². The zero-order valence-electron chi connectivity index (χ0n) is 17.6. The van der Waals surface area contributed by atoms with Crippen LogP contribution in [0.5, 0.6) is 5.75 Å². The maximum absolute atomic E-state index is 9.74. The molecular formula is C21H33O3PSi2. The van der Waals surface area contributed by atoms with Crippen LogP contribution in [-0.4, -0.2) is 35.2 Å². The van der Waals surface area contributed by atoms with Crippen LogP contribution in [0.2, 0.25) is 39.3 Å². The predicted octanol–water partition coefficient (Wildman–Crippen LogP) is 2.88. The quantitative estimate of drug-likeness (QED) is 0.405. The van der Waals surface area contributed by atoms with Gasteiger partial charge in [0.25, 0.3) is 0 Å². The molecule has 2 aromatic rings. The lowest BCUT2D eigenvalue weighted by Crippen LogP contribution is -2.48. The van der Waals surface area contributed by atoms with Gasteiger partial charge in [-0.25, -0.2) is 0 Å². The van der Waals surface area contributed by atoms with Gasteiger partial charge in [-0.3, -0.25) is 0 Å². The molecule has 0 radical (unpaired) electrons. The monoisotopic (exact) mass is 420 g/mol. The Bertz CT molecular complexity index is 780. The molecule has 6 heteroatoms. The van der Waals surface area contributed by atoms with Gasteiger partial charge in [0.2, 0.25) is 0 Å². The minimum atomic E-state index is -1.61. The van der Waals surface area contributed by atoms with Crippen LogP contribution in [0.3, 0.4) is 0 Å². The van der Waals surface area contributed by atoms with Gasteiger partial charge in [-0.1, -0.05) is 89.4 Å². The molecule has 0 saturated carbocycles. The number of aliphatic hydroxyl groups excluding tert-OH is 1. The van der Waals surface area contributed by atoms with Crippen LogP contribution >= 0.6 is 8.58 Å². The fourth-order valence-corrected chi connectivity index (χ4v) is 7.30. The highest BCUT2D eigenvalue weighted by Crippen LogP contribution is 2.23. The molecule has 0 bridgehead atoms. The lowest BCUT2D eigenvalue weighted by atomic mass is 10.2. The third-order valence-corrected chi connectivity index (χ3v) is 9.95. The number of hydrogen-bond donors (Lipinski definition) is 1.